The molecule has 4 rings (SSSR count). The van der Waals surface area contributed by atoms with Gasteiger partial charge in [-0.2, -0.15) is 0 Å². The molecule has 0 atom stereocenters. The van der Waals surface area contributed by atoms with Crippen molar-refractivity contribution in [3.05, 3.63) is 75.3 Å². The molecule has 6 heteroatoms. The van der Waals surface area contributed by atoms with Crippen LogP contribution in [-0.2, 0) is 0 Å². The molecule has 24 heavy (non-hydrogen) atoms. The number of hydrogen-bond acceptors (Lipinski definition) is 2. The lowest BCUT2D eigenvalue weighted by atomic mass is 9.94. The SMILES string of the molecule is [B]c1ccc2c(c1)c1cc(Br)ccc1n2-c1ccc([N+](=O)[O-])cc1. The van der Waals surface area contributed by atoms with Crippen molar-refractivity contribution >= 4 is 56.7 Å². The van der Waals surface area contributed by atoms with Gasteiger partial charge in [-0.1, -0.05) is 33.5 Å². The van der Waals surface area contributed by atoms with Gasteiger partial charge in [-0.3, -0.25) is 10.1 Å². The topological polar surface area (TPSA) is 48.1 Å². The standard InChI is InChI=1S/C18H10BBrN2O2/c19-11-1-7-17-15(9-11)16-10-12(20)2-8-18(16)21(17)13-3-5-14(6-4-13)22(23)24/h1-10H. The molecular formula is C18H10BBrN2O2. The Morgan fingerprint density at radius 2 is 1.54 bits per heavy atom. The predicted molar refractivity (Wildman–Crippen MR) is 101 cm³/mol. The van der Waals surface area contributed by atoms with Gasteiger partial charge < -0.3 is 4.57 Å². The minimum absolute atomic E-state index is 0.0755. The van der Waals surface area contributed by atoms with Crippen LogP contribution in [0.2, 0.25) is 0 Å². The highest BCUT2D eigenvalue weighted by molar-refractivity contribution is 9.10. The highest BCUT2D eigenvalue weighted by atomic mass is 79.9. The molecule has 2 radical (unpaired) electrons. The van der Waals surface area contributed by atoms with Gasteiger partial charge in [0.05, 0.1) is 16.0 Å². The van der Waals surface area contributed by atoms with E-state index in [4.69, 9.17) is 7.85 Å². The molecule has 0 aliphatic heterocycles. The van der Waals surface area contributed by atoms with Crippen molar-refractivity contribution in [2.75, 3.05) is 0 Å². The average Bonchev–Trinajstić information content (AvgIpc) is 2.88. The third kappa shape index (κ3) is 2.30. The van der Waals surface area contributed by atoms with Crippen LogP contribution in [0.3, 0.4) is 0 Å². The Balaban J connectivity index is 2.07. The summed E-state index contributed by atoms with van der Waals surface area (Å²) in [4.78, 5) is 10.5. The maximum atomic E-state index is 10.9. The summed E-state index contributed by atoms with van der Waals surface area (Å²) in [6.45, 7) is 0. The monoisotopic (exact) mass is 376 g/mol. The first-order chi connectivity index (χ1) is 11.5. The van der Waals surface area contributed by atoms with E-state index in [9.17, 15) is 10.1 Å². The van der Waals surface area contributed by atoms with E-state index < -0.39 is 4.92 Å². The second kappa shape index (κ2) is 5.49. The molecule has 0 bridgehead atoms. The summed E-state index contributed by atoms with van der Waals surface area (Å²) in [6.07, 6.45) is 0. The van der Waals surface area contributed by atoms with Crippen LogP contribution in [0.4, 0.5) is 5.69 Å². The number of non-ortho nitro benzene ring substituents is 1. The zero-order valence-corrected chi connectivity index (χ0v) is 14.0. The number of nitro benzene ring substituents is 1. The van der Waals surface area contributed by atoms with Crippen LogP contribution in [0.5, 0.6) is 0 Å². The van der Waals surface area contributed by atoms with Crippen molar-refractivity contribution in [2.24, 2.45) is 0 Å². The molecule has 0 aliphatic carbocycles. The zero-order chi connectivity index (χ0) is 16.8. The van der Waals surface area contributed by atoms with Crippen molar-refractivity contribution in [2.45, 2.75) is 0 Å². The summed E-state index contributed by atoms with van der Waals surface area (Å²) in [5.41, 5.74) is 3.67. The first-order valence-electron chi connectivity index (χ1n) is 7.28. The van der Waals surface area contributed by atoms with Crippen molar-refractivity contribution < 1.29 is 4.92 Å². The fourth-order valence-electron chi connectivity index (χ4n) is 3.01. The van der Waals surface area contributed by atoms with E-state index in [1.54, 1.807) is 12.1 Å². The quantitative estimate of drug-likeness (QED) is 0.298. The second-order valence-corrected chi connectivity index (χ2v) is 6.46. The first kappa shape index (κ1) is 15.0. The van der Waals surface area contributed by atoms with Crippen molar-refractivity contribution in [3.63, 3.8) is 0 Å². The van der Waals surface area contributed by atoms with E-state index in [0.29, 0.717) is 5.46 Å². The summed E-state index contributed by atoms with van der Waals surface area (Å²) < 4.78 is 3.07. The van der Waals surface area contributed by atoms with E-state index in [1.165, 1.54) is 12.1 Å². The predicted octanol–water partition coefficient (Wildman–Crippen LogP) is 4.25. The summed E-state index contributed by atoms with van der Waals surface area (Å²) in [5, 5.41) is 13.0. The molecule has 0 fully saturated rings. The fraction of sp³-hybridized carbons (Fsp3) is 0. The molecule has 1 aromatic heterocycles. The Morgan fingerprint density at radius 3 is 2.21 bits per heavy atom. The third-order valence-corrected chi connectivity index (χ3v) is 4.56. The maximum Gasteiger partial charge on any atom is 0.269 e. The van der Waals surface area contributed by atoms with Crippen molar-refractivity contribution in [3.8, 4) is 5.69 Å². The number of benzene rings is 3. The van der Waals surface area contributed by atoms with E-state index in [0.717, 1.165) is 32.0 Å². The lowest BCUT2D eigenvalue weighted by Crippen LogP contribution is -2.00. The molecule has 1 heterocycles. The highest BCUT2D eigenvalue weighted by Crippen LogP contribution is 2.33. The molecule has 0 spiro atoms. The summed E-state index contributed by atoms with van der Waals surface area (Å²) >= 11 is 3.51. The second-order valence-electron chi connectivity index (χ2n) is 5.55. The van der Waals surface area contributed by atoms with Crippen LogP contribution in [0.15, 0.2) is 65.1 Å². The number of nitro groups is 1. The lowest BCUT2D eigenvalue weighted by molar-refractivity contribution is -0.384. The van der Waals surface area contributed by atoms with E-state index >= 15 is 0 Å². The van der Waals surface area contributed by atoms with E-state index in [1.807, 2.05) is 30.3 Å². The number of hydrogen-bond donors (Lipinski definition) is 0. The summed E-state index contributed by atoms with van der Waals surface area (Å²) in [5.74, 6) is 0. The van der Waals surface area contributed by atoms with Gasteiger partial charge in [-0.15, -0.1) is 0 Å². The Hall–Kier alpha value is -2.60. The van der Waals surface area contributed by atoms with Crippen molar-refractivity contribution in [1.82, 2.24) is 4.57 Å². The van der Waals surface area contributed by atoms with E-state index in [2.05, 4.69) is 26.6 Å². The van der Waals surface area contributed by atoms with Gasteiger partial charge in [0, 0.05) is 33.1 Å². The molecule has 114 valence electrons. The van der Waals surface area contributed by atoms with Gasteiger partial charge in [0.25, 0.3) is 5.69 Å². The molecule has 0 saturated carbocycles. The number of nitrogens with zero attached hydrogens (tertiary/aromatic N) is 2. The number of fused-ring (bicyclic) bond motifs is 3. The minimum atomic E-state index is -0.395. The van der Waals surface area contributed by atoms with Gasteiger partial charge in [0.15, 0.2) is 0 Å². The number of rotatable bonds is 2. The normalized spacial score (nSPS) is 11.2. The number of aromatic nitrogens is 1. The first-order valence-corrected chi connectivity index (χ1v) is 8.08. The Bertz CT molecular complexity index is 1040. The summed E-state index contributed by atoms with van der Waals surface area (Å²) in [6, 6.07) is 18.4. The minimum Gasteiger partial charge on any atom is -0.309 e. The fourth-order valence-corrected chi connectivity index (χ4v) is 3.38. The lowest BCUT2D eigenvalue weighted by Gasteiger charge is -2.07. The van der Waals surface area contributed by atoms with Crippen molar-refractivity contribution in [1.29, 1.82) is 0 Å². The molecular weight excluding hydrogens is 367 g/mol. The molecule has 4 nitrogen and oxygen atoms in total. The average molecular weight is 377 g/mol. The van der Waals surface area contributed by atoms with Gasteiger partial charge in [-0.05, 0) is 36.4 Å². The Kier molecular flexibility index (Phi) is 3.42. The highest BCUT2D eigenvalue weighted by Gasteiger charge is 2.13. The van der Waals surface area contributed by atoms with Gasteiger partial charge in [0.2, 0.25) is 0 Å². The van der Waals surface area contributed by atoms with Gasteiger partial charge >= 0.3 is 0 Å². The molecule has 0 amide bonds. The van der Waals surface area contributed by atoms with E-state index in [-0.39, 0.29) is 5.69 Å². The van der Waals surface area contributed by atoms with Crippen LogP contribution < -0.4 is 5.46 Å². The zero-order valence-electron chi connectivity index (χ0n) is 12.4. The third-order valence-electron chi connectivity index (χ3n) is 4.07. The Labute approximate surface area is 147 Å². The van der Waals surface area contributed by atoms with Gasteiger partial charge in [0.1, 0.15) is 7.85 Å². The molecule has 0 aliphatic rings. The van der Waals surface area contributed by atoms with Crippen LogP contribution in [-0.4, -0.2) is 17.3 Å². The van der Waals surface area contributed by atoms with Gasteiger partial charge in [-0.25, -0.2) is 0 Å². The largest absolute Gasteiger partial charge is 0.309 e. The Morgan fingerprint density at radius 1 is 0.917 bits per heavy atom. The van der Waals surface area contributed by atoms with Crippen LogP contribution in [0.1, 0.15) is 0 Å². The molecule has 0 saturated heterocycles. The maximum absolute atomic E-state index is 10.9. The number of halogens is 1. The molecule has 4 aromatic rings. The van der Waals surface area contributed by atoms with Crippen LogP contribution in [0, 0.1) is 10.1 Å². The van der Waals surface area contributed by atoms with Crippen LogP contribution >= 0.6 is 15.9 Å². The smallest absolute Gasteiger partial charge is 0.269 e. The van der Waals surface area contributed by atoms with Crippen LogP contribution in [0.25, 0.3) is 27.5 Å². The molecule has 0 unspecified atom stereocenters. The molecule has 0 N–H and O–H groups in total. The summed E-state index contributed by atoms with van der Waals surface area (Å²) in [7, 11) is 5.96. The molecule has 3 aromatic carbocycles.